The van der Waals surface area contributed by atoms with Crippen molar-refractivity contribution in [2.45, 2.75) is 75.2 Å². The monoisotopic (exact) mass is 601 g/mol. The molecular weight excluding hydrogens is 565 g/mol. The van der Waals surface area contributed by atoms with Crippen LogP contribution in [0.25, 0.3) is 0 Å². The van der Waals surface area contributed by atoms with Crippen LogP contribution in [0.4, 0.5) is 4.39 Å². The van der Waals surface area contributed by atoms with E-state index < -0.39 is 47.3 Å². The molecule has 2 heterocycles. The molecule has 2 aromatic rings. The van der Waals surface area contributed by atoms with Gasteiger partial charge in [0.05, 0.1) is 12.6 Å². The van der Waals surface area contributed by atoms with Gasteiger partial charge in [-0.15, -0.1) is 0 Å². The first-order chi connectivity index (χ1) is 21.2. The first-order valence-electron chi connectivity index (χ1n) is 15.3. The lowest BCUT2D eigenvalue weighted by atomic mass is 9.99. The second-order valence-electron chi connectivity index (χ2n) is 12.6. The number of halogens is 1. The molecule has 0 radical (unpaired) electrons. The van der Waals surface area contributed by atoms with E-state index in [9.17, 15) is 28.8 Å². The number of hydrogen-bond donors (Lipinski definition) is 2. The fraction of sp³-hybridized carbons (Fsp3) is 0.485. The van der Waals surface area contributed by atoms with Crippen molar-refractivity contribution in [1.82, 2.24) is 20.4 Å². The fourth-order valence-corrected chi connectivity index (χ4v) is 6.24. The molecule has 2 saturated carbocycles. The van der Waals surface area contributed by atoms with Gasteiger partial charge in [0.25, 0.3) is 11.8 Å². The van der Waals surface area contributed by atoms with Crippen LogP contribution in [-0.2, 0) is 20.9 Å². The van der Waals surface area contributed by atoms with E-state index in [-0.39, 0.29) is 36.9 Å². The Balaban J connectivity index is 1.23. The standard InChI is InChI=1S/C33H36FN5O5/c1-38(30(41)26(14-20-6-7-20)37-29(40)22-10-12-24(34)13-11-22)27(15-21-8-9-21)31(42)39-19-33(16-25(39)17-35)32(43)36-18-23-4-2-3-5-28(23)44-33/h2-5,10-13,20-21,25-27H,6-9,14-16,18-19H2,1H3,(H,36,43)(H,37,40)/t25-,26-,27-,33+/m0/s1. The van der Waals surface area contributed by atoms with Gasteiger partial charge in [-0.3, -0.25) is 19.2 Å². The predicted molar refractivity (Wildman–Crippen MR) is 156 cm³/mol. The number of likely N-dealkylation sites (tertiary alicyclic amines) is 1. The van der Waals surface area contributed by atoms with Crippen molar-refractivity contribution in [2.24, 2.45) is 11.8 Å². The van der Waals surface area contributed by atoms with E-state index in [1.54, 1.807) is 19.2 Å². The summed E-state index contributed by atoms with van der Waals surface area (Å²) in [5.41, 5.74) is -0.402. The summed E-state index contributed by atoms with van der Waals surface area (Å²) in [5.74, 6) is -1.09. The lowest BCUT2D eigenvalue weighted by Gasteiger charge is -2.34. The molecule has 4 aliphatic rings. The number of nitriles is 1. The average Bonchev–Trinajstić information content (AvgIpc) is 3.96. The number of carbonyl (C=O) groups excluding carboxylic acids is 4. The van der Waals surface area contributed by atoms with Gasteiger partial charge in [0.2, 0.25) is 17.4 Å². The lowest BCUT2D eigenvalue weighted by molar-refractivity contribution is -0.147. The predicted octanol–water partition coefficient (Wildman–Crippen LogP) is 2.92. The van der Waals surface area contributed by atoms with Gasteiger partial charge in [-0.2, -0.15) is 5.26 Å². The van der Waals surface area contributed by atoms with Crippen molar-refractivity contribution in [3.05, 3.63) is 65.5 Å². The van der Waals surface area contributed by atoms with E-state index in [0.717, 1.165) is 31.2 Å². The van der Waals surface area contributed by atoms with Crippen molar-refractivity contribution in [2.75, 3.05) is 13.6 Å². The van der Waals surface area contributed by atoms with Crippen molar-refractivity contribution in [1.29, 1.82) is 5.26 Å². The van der Waals surface area contributed by atoms with Crippen LogP contribution < -0.4 is 15.4 Å². The number of benzene rings is 2. The van der Waals surface area contributed by atoms with Gasteiger partial charge in [-0.1, -0.05) is 43.9 Å². The maximum absolute atomic E-state index is 14.3. The summed E-state index contributed by atoms with van der Waals surface area (Å²) in [6.07, 6.45) is 4.63. The van der Waals surface area contributed by atoms with Gasteiger partial charge < -0.3 is 25.2 Å². The molecule has 44 heavy (non-hydrogen) atoms. The highest BCUT2D eigenvalue weighted by Crippen LogP contribution is 2.39. The molecule has 2 aliphatic carbocycles. The Morgan fingerprint density at radius 1 is 1.11 bits per heavy atom. The highest BCUT2D eigenvalue weighted by atomic mass is 19.1. The lowest BCUT2D eigenvalue weighted by Crippen LogP contribution is -2.57. The van der Waals surface area contributed by atoms with E-state index in [4.69, 9.17) is 4.74 Å². The number of likely N-dealkylation sites (N-methyl/N-ethyl adjacent to an activating group) is 1. The number of hydrogen-bond acceptors (Lipinski definition) is 6. The number of nitrogens with zero attached hydrogens (tertiary/aromatic N) is 3. The SMILES string of the molecule is CN(C(=O)[C@H](CC1CC1)NC(=O)c1ccc(F)cc1)[C@@H](CC1CC1)C(=O)N1C[C@@]2(C[C@H]1C#N)Oc1ccccc1CNC2=O. The molecule has 11 heteroatoms. The number of amides is 4. The van der Waals surface area contributed by atoms with Crippen molar-refractivity contribution >= 4 is 23.6 Å². The van der Waals surface area contributed by atoms with E-state index >= 15 is 0 Å². The van der Waals surface area contributed by atoms with Gasteiger partial charge >= 0.3 is 0 Å². The fourth-order valence-electron chi connectivity index (χ4n) is 6.24. The summed E-state index contributed by atoms with van der Waals surface area (Å²) in [4.78, 5) is 57.5. The minimum absolute atomic E-state index is 0.00124. The summed E-state index contributed by atoms with van der Waals surface area (Å²) in [6.45, 7) is 0.149. The molecular formula is C33H36FN5O5. The summed E-state index contributed by atoms with van der Waals surface area (Å²) in [6, 6.07) is 11.9. The van der Waals surface area contributed by atoms with E-state index in [2.05, 4.69) is 16.7 Å². The van der Waals surface area contributed by atoms with E-state index in [1.165, 1.54) is 34.1 Å². The molecule has 6 rings (SSSR count). The van der Waals surface area contributed by atoms with Crippen molar-refractivity contribution in [3.63, 3.8) is 0 Å². The molecule has 4 amide bonds. The molecule has 3 fully saturated rings. The Kier molecular flexibility index (Phi) is 8.01. The molecule has 2 aliphatic heterocycles. The number of rotatable bonds is 9. The molecule has 230 valence electrons. The quantitative estimate of drug-likeness (QED) is 0.455. The second-order valence-corrected chi connectivity index (χ2v) is 12.6. The maximum Gasteiger partial charge on any atom is 0.266 e. The van der Waals surface area contributed by atoms with Gasteiger partial charge in [0.1, 0.15) is 29.7 Å². The van der Waals surface area contributed by atoms with E-state index in [0.29, 0.717) is 24.5 Å². The summed E-state index contributed by atoms with van der Waals surface area (Å²) >= 11 is 0. The maximum atomic E-state index is 14.3. The number of carbonyl (C=O) groups is 4. The van der Waals surface area contributed by atoms with Crippen LogP contribution in [0.3, 0.4) is 0 Å². The largest absolute Gasteiger partial charge is 0.475 e. The Morgan fingerprint density at radius 2 is 1.80 bits per heavy atom. The summed E-state index contributed by atoms with van der Waals surface area (Å²) < 4.78 is 19.7. The number of fused-ring (bicyclic) bond motifs is 1. The highest BCUT2D eigenvalue weighted by molar-refractivity contribution is 5.98. The van der Waals surface area contributed by atoms with Crippen LogP contribution in [0.5, 0.6) is 5.75 Å². The normalized spacial score (nSPS) is 23.8. The van der Waals surface area contributed by atoms with Crippen molar-refractivity contribution in [3.8, 4) is 11.8 Å². The third-order valence-corrected chi connectivity index (χ3v) is 9.22. The topological polar surface area (TPSA) is 132 Å². The minimum Gasteiger partial charge on any atom is -0.475 e. The van der Waals surface area contributed by atoms with Gasteiger partial charge in [-0.05, 0) is 55.0 Å². The van der Waals surface area contributed by atoms with Gasteiger partial charge in [-0.25, -0.2) is 4.39 Å². The first kappa shape index (κ1) is 29.6. The zero-order chi connectivity index (χ0) is 31.0. The summed E-state index contributed by atoms with van der Waals surface area (Å²) in [7, 11) is 1.57. The van der Waals surface area contributed by atoms with Gasteiger partial charge in [0.15, 0.2) is 0 Å². The van der Waals surface area contributed by atoms with Crippen LogP contribution in [0.15, 0.2) is 48.5 Å². The second kappa shape index (κ2) is 11.9. The Hall–Kier alpha value is -4.46. The summed E-state index contributed by atoms with van der Waals surface area (Å²) in [5, 5.41) is 15.8. The highest BCUT2D eigenvalue weighted by Gasteiger charge is 2.55. The van der Waals surface area contributed by atoms with Crippen LogP contribution in [0.1, 0.15) is 60.9 Å². The molecule has 2 N–H and O–H groups in total. The number of ether oxygens (including phenoxy) is 1. The Bertz CT molecular complexity index is 1500. The molecule has 1 saturated heterocycles. The molecule has 0 unspecified atom stereocenters. The smallest absolute Gasteiger partial charge is 0.266 e. The minimum atomic E-state index is -1.44. The van der Waals surface area contributed by atoms with Crippen molar-refractivity contribution < 1.29 is 28.3 Å². The zero-order valence-corrected chi connectivity index (χ0v) is 24.6. The Labute approximate surface area is 255 Å². The first-order valence-corrected chi connectivity index (χ1v) is 15.3. The average molecular weight is 602 g/mol. The molecule has 2 aromatic carbocycles. The van der Waals surface area contributed by atoms with Crippen LogP contribution in [0.2, 0.25) is 0 Å². The third kappa shape index (κ3) is 6.11. The number of para-hydroxylation sites is 1. The molecule has 0 bridgehead atoms. The van der Waals surface area contributed by atoms with Crippen LogP contribution in [0, 0.1) is 29.0 Å². The van der Waals surface area contributed by atoms with Crippen LogP contribution in [-0.4, -0.2) is 70.7 Å². The van der Waals surface area contributed by atoms with Gasteiger partial charge in [0, 0.05) is 31.1 Å². The third-order valence-electron chi connectivity index (χ3n) is 9.22. The number of nitrogens with one attached hydrogen (secondary N) is 2. The van der Waals surface area contributed by atoms with E-state index in [1.807, 2.05) is 12.1 Å². The zero-order valence-electron chi connectivity index (χ0n) is 24.6. The Morgan fingerprint density at radius 3 is 2.48 bits per heavy atom. The molecule has 4 atom stereocenters. The molecule has 1 spiro atoms. The molecule has 10 nitrogen and oxygen atoms in total. The molecule has 0 aromatic heterocycles. The van der Waals surface area contributed by atoms with Crippen LogP contribution >= 0.6 is 0 Å².